The van der Waals surface area contributed by atoms with E-state index in [1.165, 1.54) is 16.7 Å². The first kappa shape index (κ1) is 14.2. The van der Waals surface area contributed by atoms with Gasteiger partial charge in [0.25, 0.3) is 0 Å². The van der Waals surface area contributed by atoms with Gasteiger partial charge >= 0.3 is 0 Å². The Kier molecular flexibility index (Phi) is 4.34. The van der Waals surface area contributed by atoms with Crippen LogP contribution in [0.5, 0.6) is 0 Å². The van der Waals surface area contributed by atoms with Gasteiger partial charge < -0.3 is 10.4 Å². The van der Waals surface area contributed by atoms with E-state index >= 15 is 0 Å². The highest BCUT2D eigenvalue weighted by molar-refractivity contribution is 5.38. The predicted molar refractivity (Wildman–Crippen MR) is 73.3 cm³/mol. The number of nitrogens with one attached hydrogen (secondary N) is 1. The Hall–Kier alpha value is -0.860. The van der Waals surface area contributed by atoms with Crippen LogP contribution in [-0.2, 0) is 0 Å². The first-order valence-corrected chi connectivity index (χ1v) is 6.20. The molecule has 0 aromatic heterocycles. The molecule has 96 valence electrons. The van der Waals surface area contributed by atoms with Crippen LogP contribution in [0.1, 0.15) is 42.2 Å². The van der Waals surface area contributed by atoms with Crippen LogP contribution in [-0.4, -0.2) is 18.7 Å². The molecule has 2 heteroatoms. The van der Waals surface area contributed by atoms with Gasteiger partial charge in [0.15, 0.2) is 0 Å². The van der Waals surface area contributed by atoms with Gasteiger partial charge in [0.1, 0.15) is 0 Å². The molecule has 1 rings (SSSR count). The highest BCUT2D eigenvalue weighted by atomic mass is 16.3. The fourth-order valence-electron chi connectivity index (χ4n) is 2.25. The molecule has 0 aliphatic carbocycles. The molecule has 1 atom stereocenters. The molecule has 0 aliphatic rings. The highest BCUT2D eigenvalue weighted by Crippen LogP contribution is 2.35. The molecule has 0 saturated carbocycles. The van der Waals surface area contributed by atoms with Crippen molar-refractivity contribution in [3.63, 3.8) is 0 Å². The number of rotatable bonds is 4. The van der Waals surface area contributed by atoms with Crippen LogP contribution in [0.15, 0.2) is 12.1 Å². The van der Waals surface area contributed by atoms with Crippen molar-refractivity contribution in [3.8, 4) is 0 Å². The molecule has 2 N–H and O–H groups in total. The van der Waals surface area contributed by atoms with E-state index in [1.54, 1.807) is 0 Å². The summed E-state index contributed by atoms with van der Waals surface area (Å²) >= 11 is 0. The average molecular weight is 235 g/mol. The minimum atomic E-state index is -0.436. The second-order valence-corrected chi connectivity index (χ2v) is 5.71. The van der Waals surface area contributed by atoms with E-state index in [2.05, 4.69) is 52.1 Å². The molecule has 1 unspecified atom stereocenters. The molecule has 0 saturated heterocycles. The van der Waals surface area contributed by atoms with Crippen molar-refractivity contribution < 1.29 is 5.11 Å². The molecule has 2 nitrogen and oxygen atoms in total. The normalized spacial score (nSPS) is 13.8. The van der Waals surface area contributed by atoms with E-state index in [-0.39, 0.29) is 5.41 Å². The summed E-state index contributed by atoms with van der Waals surface area (Å²) in [5.41, 5.74) is 4.58. The van der Waals surface area contributed by atoms with Crippen molar-refractivity contribution in [1.29, 1.82) is 0 Å². The standard InChI is InChI=1S/C15H25NO/c1-10-7-12(3)13(8-11(10)2)14(17)15(4,5)9-16-6/h7-8,14,16-17H,9H2,1-6H3. The van der Waals surface area contributed by atoms with Gasteiger partial charge in [-0.1, -0.05) is 26.0 Å². The number of aliphatic hydroxyl groups excluding tert-OH is 1. The summed E-state index contributed by atoms with van der Waals surface area (Å²) in [7, 11) is 1.92. The number of hydrogen-bond acceptors (Lipinski definition) is 2. The van der Waals surface area contributed by atoms with Crippen molar-refractivity contribution >= 4 is 0 Å². The second kappa shape index (κ2) is 5.19. The van der Waals surface area contributed by atoms with Gasteiger partial charge in [-0.3, -0.25) is 0 Å². The molecule has 0 bridgehead atoms. The summed E-state index contributed by atoms with van der Waals surface area (Å²) < 4.78 is 0. The highest BCUT2D eigenvalue weighted by Gasteiger charge is 2.29. The molecule has 0 aliphatic heterocycles. The molecule has 0 spiro atoms. The van der Waals surface area contributed by atoms with Gasteiger partial charge in [-0.2, -0.15) is 0 Å². The van der Waals surface area contributed by atoms with Gasteiger partial charge in [0.2, 0.25) is 0 Å². The summed E-state index contributed by atoms with van der Waals surface area (Å²) in [6, 6.07) is 4.27. The zero-order valence-electron chi connectivity index (χ0n) is 11.9. The fraction of sp³-hybridized carbons (Fsp3) is 0.600. The fourth-order valence-corrected chi connectivity index (χ4v) is 2.25. The molecule has 0 heterocycles. The van der Waals surface area contributed by atoms with Crippen LogP contribution in [0.4, 0.5) is 0 Å². The maximum absolute atomic E-state index is 10.5. The van der Waals surface area contributed by atoms with Crippen LogP contribution < -0.4 is 5.32 Å². The van der Waals surface area contributed by atoms with E-state index in [4.69, 9.17) is 0 Å². The summed E-state index contributed by atoms with van der Waals surface area (Å²) in [5.74, 6) is 0. The van der Waals surface area contributed by atoms with Crippen LogP contribution in [0.3, 0.4) is 0 Å². The summed E-state index contributed by atoms with van der Waals surface area (Å²) in [5, 5.41) is 13.7. The number of aryl methyl sites for hydroxylation is 3. The third-order valence-electron chi connectivity index (χ3n) is 3.55. The lowest BCUT2D eigenvalue weighted by atomic mass is 9.80. The van der Waals surface area contributed by atoms with E-state index in [0.717, 1.165) is 12.1 Å². The lowest BCUT2D eigenvalue weighted by Crippen LogP contribution is -2.33. The van der Waals surface area contributed by atoms with E-state index < -0.39 is 6.10 Å². The van der Waals surface area contributed by atoms with Gasteiger partial charge in [-0.15, -0.1) is 0 Å². The summed E-state index contributed by atoms with van der Waals surface area (Å²) in [4.78, 5) is 0. The third-order valence-corrected chi connectivity index (χ3v) is 3.55. The first-order valence-electron chi connectivity index (χ1n) is 6.20. The van der Waals surface area contributed by atoms with Gasteiger partial charge in [-0.25, -0.2) is 0 Å². The van der Waals surface area contributed by atoms with Crippen molar-refractivity contribution in [3.05, 3.63) is 34.4 Å². The first-order chi connectivity index (χ1) is 7.79. The third kappa shape index (κ3) is 3.08. The zero-order valence-corrected chi connectivity index (χ0v) is 11.9. The Labute approximate surface area is 105 Å². The van der Waals surface area contributed by atoms with E-state index in [1.807, 2.05) is 7.05 Å². The van der Waals surface area contributed by atoms with Crippen LogP contribution in [0.2, 0.25) is 0 Å². The molecule has 0 radical (unpaired) electrons. The van der Waals surface area contributed by atoms with Gasteiger partial charge in [-0.05, 0) is 50.1 Å². The molecule has 0 amide bonds. The monoisotopic (exact) mass is 235 g/mol. The van der Waals surface area contributed by atoms with Gasteiger partial charge in [0, 0.05) is 12.0 Å². The Bertz CT molecular complexity index is 396. The largest absolute Gasteiger partial charge is 0.388 e. The Balaban J connectivity index is 3.12. The van der Waals surface area contributed by atoms with Crippen molar-refractivity contribution in [2.75, 3.05) is 13.6 Å². The smallest absolute Gasteiger partial charge is 0.0855 e. The Morgan fingerprint density at radius 3 is 2.18 bits per heavy atom. The number of hydrogen-bond donors (Lipinski definition) is 2. The number of aliphatic hydroxyl groups is 1. The number of benzene rings is 1. The Morgan fingerprint density at radius 1 is 1.12 bits per heavy atom. The molecule has 0 fully saturated rings. The van der Waals surface area contributed by atoms with Crippen molar-refractivity contribution in [2.45, 2.75) is 40.7 Å². The van der Waals surface area contributed by atoms with E-state index in [9.17, 15) is 5.11 Å². The molecule has 1 aromatic rings. The maximum atomic E-state index is 10.5. The molecular formula is C15H25NO. The van der Waals surface area contributed by atoms with Crippen molar-refractivity contribution in [1.82, 2.24) is 5.32 Å². The second-order valence-electron chi connectivity index (χ2n) is 5.71. The minimum Gasteiger partial charge on any atom is -0.388 e. The molecule has 1 aromatic carbocycles. The zero-order chi connectivity index (χ0) is 13.2. The predicted octanol–water partition coefficient (Wildman–Crippen LogP) is 2.89. The summed E-state index contributed by atoms with van der Waals surface area (Å²) in [6.45, 7) is 11.2. The molecule has 17 heavy (non-hydrogen) atoms. The summed E-state index contributed by atoms with van der Waals surface area (Å²) in [6.07, 6.45) is -0.436. The lowest BCUT2D eigenvalue weighted by Gasteiger charge is -2.32. The van der Waals surface area contributed by atoms with Gasteiger partial charge in [0.05, 0.1) is 6.10 Å². The SMILES string of the molecule is CNCC(C)(C)C(O)c1cc(C)c(C)cc1C. The van der Waals surface area contributed by atoms with Crippen molar-refractivity contribution in [2.24, 2.45) is 5.41 Å². The maximum Gasteiger partial charge on any atom is 0.0855 e. The Morgan fingerprint density at radius 2 is 1.65 bits per heavy atom. The molecular weight excluding hydrogens is 210 g/mol. The van der Waals surface area contributed by atoms with Crippen LogP contribution in [0.25, 0.3) is 0 Å². The average Bonchev–Trinajstić information content (AvgIpc) is 2.22. The van der Waals surface area contributed by atoms with E-state index in [0.29, 0.717) is 0 Å². The topological polar surface area (TPSA) is 32.3 Å². The quantitative estimate of drug-likeness (QED) is 0.841. The minimum absolute atomic E-state index is 0.165. The van der Waals surface area contributed by atoms with Crippen LogP contribution in [0, 0.1) is 26.2 Å². The van der Waals surface area contributed by atoms with Crippen LogP contribution >= 0.6 is 0 Å². The lowest BCUT2D eigenvalue weighted by molar-refractivity contribution is 0.0500.